The number of thioether (sulfide) groups is 1. The van der Waals surface area contributed by atoms with E-state index < -0.39 is 0 Å². The highest BCUT2D eigenvalue weighted by Gasteiger charge is 2.24. The van der Waals surface area contributed by atoms with E-state index in [4.69, 9.17) is 4.98 Å². The molecule has 6 nitrogen and oxygen atoms in total. The fourth-order valence-corrected chi connectivity index (χ4v) is 6.69. The van der Waals surface area contributed by atoms with E-state index in [0.29, 0.717) is 18.2 Å². The lowest BCUT2D eigenvalue weighted by atomic mass is 9.89. The molecule has 0 saturated heterocycles. The first-order valence-corrected chi connectivity index (χ1v) is 12.2. The summed E-state index contributed by atoms with van der Waals surface area (Å²) < 4.78 is 3.84. The topological polar surface area (TPSA) is 65.1 Å². The van der Waals surface area contributed by atoms with Crippen LogP contribution in [0.2, 0.25) is 0 Å². The Hall–Kier alpha value is -2.19. The van der Waals surface area contributed by atoms with E-state index in [9.17, 15) is 4.79 Å². The average molecular weight is 440 g/mol. The van der Waals surface area contributed by atoms with Crippen molar-refractivity contribution in [3.05, 3.63) is 50.1 Å². The minimum absolute atomic E-state index is 0.111. The van der Waals surface area contributed by atoms with Crippen molar-refractivity contribution in [1.82, 2.24) is 23.9 Å². The lowest BCUT2D eigenvalue weighted by molar-refractivity contribution is 0.509. The Balaban J connectivity index is 1.51. The van der Waals surface area contributed by atoms with Gasteiger partial charge in [0, 0.05) is 34.8 Å². The van der Waals surface area contributed by atoms with Gasteiger partial charge in [-0.05, 0) is 57.6 Å². The second kappa shape index (κ2) is 7.50. The molecule has 0 bridgehead atoms. The maximum Gasteiger partial charge on any atom is 0.263 e. The molecule has 0 spiro atoms. The molecule has 0 aliphatic heterocycles. The minimum atomic E-state index is 0.111. The molecule has 1 atom stereocenters. The number of imidazole rings is 1. The summed E-state index contributed by atoms with van der Waals surface area (Å²) in [5, 5.41) is 1.63. The zero-order chi connectivity index (χ0) is 21.0. The number of nitrogens with zero attached hydrogens (tertiary/aromatic N) is 5. The summed E-state index contributed by atoms with van der Waals surface area (Å²) in [5.41, 5.74) is 4.39. The Bertz CT molecular complexity index is 1330. The van der Waals surface area contributed by atoms with Gasteiger partial charge in [0.05, 0.1) is 11.1 Å². The fraction of sp³-hybridized carbons (Fsp3) is 0.455. The van der Waals surface area contributed by atoms with Crippen molar-refractivity contribution in [2.45, 2.75) is 64.4 Å². The lowest BCUT2D eigenvalue weighted by Crippen LogP contribution is -2.23. The number of hydrogen-bond acceptors (Lipinski definition) is 6. The number of aromatic nitrogens is 5. The van der Waals surface area contributed by atoms with Crippen LogP contribution in [-0.4, -0.2) is 23.9 Å². The zero-order valence-electron chi connectivity index (χ0n) is 17.7. The third-order valence-corrected chi connectivity index (χ3v) is 8.02. The van der Waals surface area contributed by atoms with Crippen LogP contribution in [0.1, 0.15) is 47.8 Å². The van der Waals surface area contributed by atoms with Gasteiger partial charge in [0.15, 0.2) is 5.16 Å². The largest absolute Gasteiger partial charge is 0.288 e. The summed E-state index contributed by atoms with van der Waals surface area (Å²) in [6, 6.07) is 2.05. The molecule has 4 heterocycles. The van der Waals surface area contributed by atoms with Crippen LogP contribution in [0.4, 0.5) is 0 Å². The zero-order valence-corrected chi connectivity index (χ0v) is 19.4. The number of aryl methyl sites for hydroxylation is 3. The standard InChI is InChI=1S/C22H25N5OS2/c1-5-26-20(28)18-16-7-6-12(2)8-17(16)30-19(18)25-22(26)29-11-15-10-27-14(4)9-13(3)23-21(27)24-15/h9-10,12H,5-8,11H2,1-4H3. The molecule has 1 aliphatic carbocycles. The van der Waals surface area contributed by atoms with Crippen molar-refractivity contribution < 1.29 is 0 Å². The van der Waals surface area contributed by atoms with Crippen molar-refractivity contribution in [3.63, 3.8) is 0 Å². The SMILES string of the molecule is CCn1c(SCc2cn3c(C)cc(C)nc3n2)nc2sc3c(c2c1=O)CCC(C)C3. The van der Waals surface area contributed by atoms with E-state index in [2.05, 4.69) is 29.9 Å². The molecule has 0 amide bonds. The fourth-order valence-electron chi connectivity index (χ4n) is 4.32. The van der Waals surface area contributed by atoms with Crippen molar-refractivity contribution in [1.29, 1.82) is 0 Å². The van der Waals surface area contributed by atoms with E-state index in [1.165, 1.54) is 10.4 Å². The molecule has 156 valence electrons. The monoisotopic (exact) mass is 439 g/mol. The molecule has 0 saturated carbocycles. The molecule has 0 radical (unpaired) electrons. The molecule has 5 rings (SSSR count). The van der Waals surface area contributed by atoms with Gasteiger partial charge in [-0.15, -0.1) is 11.3 Å². The van der Waals surface area contributed by atoms with Crippen molar-refractivity contribution >= 4 is 39.1 Å². The molecular formula is C22H25N5OS2. The van der Waals surface area contributed by atoms with E-state index >= 15 is 0 Å². The number of rotatable bonds is 4. The normalized spacial score (nSPS) is 16.5. The highest BCUT2D eigenvalue weighted by Crippen LogP contribution is 2.36. The van der Waals surface area contributed by atoms with Crippen molar-refractivity contribution in [2.24, 2.45) is 5.92 Å². The first-order valence-electron chi connectivity index (χ1n) is 10.4. The molecular weight excluding hydrogens is 414 g/mol. The van der Waals surface area contributed by atoms with Crippen LogP contribution < -0.4 is 5.56 Å². The lowest BCUT2D eigenvalue weighted by Gasteiger charge is -2.17. The van der Waals surface area contributed by atoms with Gasteiger partial charge in [-0.25, -0.2) is 15.0 Å². The predicted octanol–water partition coefficient (Wildman–Crippen LogP) is 4.55. The molecule has 1 unspecified atom stereocenters. The summed E-state index contributed by atoms with van der Waals surface area (Å²) in [6.07, 6.45) is 5.25. The Morgan fingerprint density at radius 2 is 2.10 bits per heavy atom. The Kier molecular flexibility index (Phi) is 4.94. The first kappa shape index (κ1) is 19.8. The van der Waals surface area contributed by atoms with Gasteiger partial charge in [-0.1, -0.05) is 18.7 Å². The van der Waals surface area contributed by atoms with Crippen LogP contribution in [0.25, 0.3) is 16.0 Å². The molecule has 0 aromatic carbocycles. The van der Waals surface area contributed by atoms with Crippen molar-refractivity contribution in [3.8, 4) is 0 Å². The molecule has 4 aromatic heterocycles. The van der Waals surface area contributed by atoms with Crippen LogP contribution in [0.15, 0.2) is 22.2 Å². The van der Waals surface area contributed by atoms with Gasteiger partial charge >= 0.3 is 0 Å². The van der Waals surface area contributed by atoms with Crippen LogP contribution >= 0.6 is 23.1 Å². The third kappa shape index (κ3) is 3.26. The highest BCUT2D eigenvalue weighted by molar-refractivity contribution is 7.98. The van der Waals surface area contributed by atoms with Gasteiger partial charge in [0.2, 0.25) is 5.78 Å². The van der Waals surface area contributed by atoms with Gasteiger partial charge < -0.3 is 0 Å². The maximum absolute atomic E-state index is 13.3. The van der Waals surface area contributed by atoms with Crippen LogP contribution in [0.5, 0.6) is 0 Å². The van der Waals surface area contributed by atoms with E-state index in [-0.39, 0.29) is 5.56 Å². The van der Waals surface area contributed by atoms with Crippen molar-refractivity contribution in [2.75, 3.05) is 0 Å². The maximum atomic E-state index is 13.3. The Morgan fingerprint density at radius 1 is 1.27 bits per heavy atom. The molecule has 8 heteroatoms. The van der Waals surface area contributed by atoms with Gasteiger partial charge in [0.1, 0.15) is 4.83 Å². The van der Waals surface area contributed by atoms with Crippen LogP contribution in [0.3, 0.4) is 0 Å². The van der Waals surface area contributed by atoms with Gasteiger partial charge in [-0.2, -0.15) is 0 Å². The first-order chi connectivity index (χ1) is 14.4. The second-order valence-corrected chi connectivity index (χ2v) is 10.2. The summed E-state index contributed by atoms with van der Waals surface area (Å²) in [5.74, 6) is 2.06. The molecule has 4 aromatic rings. The van der Waals surface area contributed by atoms with E-state index in [1.54, 1.807) is 23.1 Å². The van der Waals surface area contributed by atoms with E-state index in [1.807, 2.05) is 29.0 Å². The van der Waals surface area contributed by atoms with E-state index in [0.717, 1.165) is 57.5 Å². The number of hydrogen-bond donors (Lipinski definition) is 0. The molecule has 0 fully saturated rings. The number of fused-ring (bicyclic) bond motifs is 4. The smallest absolute Gasteiger partial charge is 0.263 e. The Labute approximate surface area is 183 Å². The molecule has 0 N–H and O–H groups in total. The summed E-state index contributed by atoms with van der Waals surface area (Å²) in [4.78, 5) is 29.7. The van der Waals surface area contributed by atoms with Gasteiger partial charge in [-0.3, -0.25) is 13.8 Å². The summed E-state index contributed by atoms with van der Waals surface area (Å²) in [7, 11) is 0. The van der Waals surface area contributed by atoms with Crippen LogP contribution in [-0.2, 0) is 25.1 Å². The molecule has 30 heavy (non-hydrogen) atoms. The Morgan fingerprint density at radius 3 is 2.90 bits per heavy atom. The second-order valence-electron chi connectivity index (χ2n) is 8.21. The number of thiophene rings is 1. The quantitative estimate of drug-likeness (QED) is 0.345. The summed E-state index contributed by atoms with van der Waals surface area (Å²) >= 11 is 3.29. The van der Waals surface area contributed by atoms with Crippen LogP contribution in [0, 0.1) is 19.8 Å². The predicted molar refractivity (Wildman–Crippen MR) is 123 cm³/mol. The van der Waals surface area contributed by atoms with Gasteiger partial charge in [0.25, 0.3) is 5.56 Å². The summed E-state index contributed by atoms with van der Waals surface area (Å²) in [6.45, 7) is 8.97. The highest BCUT2D eigenvalue weighted by atomic mass is 32.2. The molecule has 1 aliphatic rings. The third-order valence-electron chi connectivity index (χ3n) is 5.86. The minimum Gasteiger partial charge on any atom is -0.288 e. The average Bonchev–Trinajstić information content (AvgIpc) is 3.26.